The van der Waals surface area contributed by atoms with Gasteiger partial charge < -0.3 is 5.32 Å². The van der Waals surface area contributed by atoms with Crippen LogP contribution in [0.15, 0.2) is 27.6 Å². The Kier molecular flexibility index (Phi) is 4.89. The van der Waals surface area contributed by atoms with Gasteiger partial charge in [-0.15, -0.1) is 0 Å². The summed E-state index contributed by atoms with van der Waals surface area (Å²) >= 11 is 3.43. The molecule has 0 spiro atoms. The van der Waals surface area contributed by atoms with Crippen LogP contribution in [0.25, 0.3) is 0 Å². The van der Waals surface area contributed by atoms with E-state index in [1.165, 1.54) is 0 Å². The number of halogens is 1. The molecule has 2 aliphatic rings. The zero-order chi connectivity index (χ0) is 15.7. The Morgan fingerprint density at radius 3 is 2.68 bits per heavy atom. The van der Waals surface area contributed by atoms with Crippen LogP contribution in [0.5, 0.6) is 0 Å². The van der Waals surface area contributed by atoms with E-state index in [9.17, 15) is 8.42 Å². The molecule has 2 heterocycles. The van der Waals surface area contributed by atoms with Gasteiger partial charge in [-0.2, -0.15) is 4.31 Å². The second kappa shape index (κ2) is 6.57. The van der Waals surface area contributed by atoms with Crippen molar-refractivity contribution in [3.05, 3.63) is 28.2 Å². The second-order valence-corrected chi connectivity index (χ2v) is 8.68. The zero-order valence-electron chi connectivity index (χ0n) is 12.8. The highest BCUT2D eigenvalue weighted by molar-refractivity contribution is 9.10. The van der Waals surface area contributed by atoms with Crippen molar-refractivity contribution in [3.63, 3.8) is 0 Å². The van der Waals surface area contributed by atoms with Crippen molar-refractivity contribution in [2.45, 2.75) is 24.3 Å². The quantitative estimate of drug-likeness (QED) is 0.851. The lowest BCUT2D eigenvalue weighted by atomic mass is 10.2. The summed E-state index contributed by atoms with van der Waals surface area (Å²) in [4.78, 5) is 2.80. The third-order valence-electron chi connectivity index (χ3n) is 4.57. The van der Waals surface area contributed by atoms with E-state index in [1.54, 1.807) is 16.4 Å². The van der Waals surface area contributed by atoms with Gasteiger partial charge in [-0.3, -0.25) is 4.90 Å². The first-order valence-electron chi connectivity index (χ1n) is 7.70. The number of hydrogen-bond donors (Lipinski definition) is 1. The highest BCUT2D eigenvalue weighted by Crippen LogP contribution is 2.30. The number of aryl methyl sites for hydroxylation is 1. The molecule has 1 N–H and O–H groups in total. The average molecular weight is 388 g/mol. The van der Waals surface area contributed by atoms with Crippen molar-refractivity contribution in [2.24, 2.45) is 0 Å². The molecule has 0 amide bonds. The Labute approximate surface area is 140 Å². The van der Waals surface area contributed by atoms with Crippen LogP contribution in [-0.4, -0.2) is 62.9 Å². The topological polar surface area (TPSA) is 52.7 Å². The fraction of sp³-hybridized carbons (Fsp3) is 0.600. The van der Waals surface area contributed by atoms with Gasteiger partial charge in [0.2, 0.25) is 10.0 Å². The number of nitrogens with zero attached hydrogens (tertiary/aromatic N) is 2. The third kappa shape index (κ3) is 3.10. The van der Waals surface area contributed by atoms with Crippen molar-refractivity contribution in [1.82, 2.24) is 14.5 Å². The first kappa shape index (κ1) is 16.4. The molecule has 0 aromatic heterocycles. The van der Waals surface area contributed by atoms with E-state index in [-0.39, 0.29) is 0 Å². The average Bonchev–Trinajstić information content (AvgIpc) is 3.01. The van der Waals surface area contributed by atoms with Crippen LogP contribution < -0.4 is 5.32 Å². The van der Waals surface area contributed by atoms with E-state index in [0.29, 0.717) is 28.5 Å². The predicted molar refractivity (Wildman–Crippen MR) is 90.5 cm³/mol. The van der Waals surface area contributed by atoms with E-state index < -0.39 is 10.0 Å². The molecule has 2 aliphatic heterocycles. The lowest BCUT2D eigenvalue weighted by molar-refractivity contribution is 0.179. The van der Waals surface area contributed by atoms with Gasteiger partial charge >= 0.3 is 0 Å². The molecule has 0 saturated carbocycles. The van der Waals surface area contributed by atoms with Gasteiger partial charge in [0.15, 0.2) is 0 Å². The molecular formula is C15H22BrN3O2S. The molecule has 2 fully saturated rings. The molecule has 0 radical (unpaired) electrons. The number of benzene rings is 1. The first-order chi connectivity index (χ1) is 10.5. The van der Waals surface area contributed by atoms with Crippen LogP contribution in [0, 0.1) is 6.92 Å². The fourth-order valence-corrected chi connectivity index (χ4v) is 5.74. The van der Waals surface area contributed by atoms with Crippen LogP contribution in [0.2, 0.25) is 0 Å². The summed E-state index contributed by atoms with van der Waals surface area (Å²) in [6.45, 7) is 7.12. The summed E-state index contributed by atoms with van der Waals surface area (Å²) in [6, 6.07) is 5.75. The summed E-state index contributed by atoms with van der Waals surface area (Å²) in [7, 11) is -3.42. The van der Waals surface area contributed by atoms with Gasteiger partial charge in [0.25, 0.3) is 0 Å². The Morgan fingerprint density at radius 1 is 1.23 bits per heavy atom. The lowest BCUT2D eigenvalue weighted by Gasteiger charge is -2.32. The maximum absolute atomic E-state index is 12.9. The van der Waals surface area contributed by atoms with Crippen molar-refractivity contribution in [2.75, 3.05) is 39.3 Å². The molecule has 1 unspecified atom stereocenters. The van der Waals surface area contributed by atoms with Gasteiger partial charge in [0.1, 0.15) is 0 Å². The van der Waals surface area contributed by atoms with E-state index in [0.717, 1.165) is 38.2 Å². The minimum absolute atomic E-state index is 0.348. The number of nitrogens with one attached hydrogen (secondary N) is 1. The summed E-state index contributed by atoms with van der Waals surface area (Å²) in [5.41, 5.74) is 0.943. The Balaban J connectivity index is 1.78. The highest BCUT2D eigenvalue weighted by atomic mass is 79.9. The molecule has 22 heavy (non-hydrogen) atoms. The van der Waals surface area contributed by atoms with Crippen molar-refractivity contribution >= 4 is 26.0 Å². The largest absolute Gasteiger partial charge is 0.314 e. The number of sulfonamides is 1. The Hall–Kier alpha value is -0.470. The number of hydrogen-bond acceptors (Lipinski definition) is 4. The molecule has 0 bridgehead atoms. The molecule has 2 saturated heterocycles. The monoisotopic (exact) mass is 387 g/mol. The third-order valence-corrected chi connectivity index (χ3v) is 7.79. The molecule has 1 aromatic rings. The predicted octanol–water partition coefficient (Wildman–Crippen LogP) is 1.43. The van der Waals surface area contributed by atoms with E-state index in [2.05, 4.69) is 26.1 Å². The molecule has 1 aromatic carbocycles. The lowest BCUT2D eigenvalue weighted by Crippen LogP contribution is -2.49. The minimum atomic E-state index is -3.42. The van der Waals surface area contributed by atoms with E-state index >= 15 is 0 Å². The molecular weight excluding hydrogens is 366 g/mol. The van der Waals surface area contributed by atoms with Crippen LogP contribution in [0.1, 0.15) is 12.0 Å². The van der Waals surface area contributed by atoms with E-state index in [1.807, 2.05) is 13.0 Å². The normalized spacial score (nSPS) is 24.7. The summed E-state index contributed by atoms with van der Waals surface area (Å²) in [6.07, 6.45) is 0.919. The molecule has 1 atom stereocenters. The smallest absolute Gasteiger partial charge is 0.244 e. The van der Waals surface area contributed by atoms with Gasteiger partial charge in [-0.1, -0.05) is 12.1 Å². The van der Waals surface area contributed by atoms with Crippen LogP contribution >= 0.6 is 15.9 Å². The van der Waals surface area contributed by atoms with Crippen molar-refractivity contribution < 1.29 is 8.42 Å². The maximum atomic E-state index is 12.9. The summed E-state index contributed by atoms with van der Waals surface area (Å²) < 4.78 is 28.1. The SMILES string of the molecule is Cc1cccc(S(=O)(=O)N2CCC(N3CCNCC3)C2)c1Br. The molecule has 5 nitrogen and oxygen atoms in total. The van der Waals surface area contributed by atoms with E-state index in [4.69, 9.17) is 0 Å². The van der Waals surface area contributed by atoms with Crippen LogP contribution in [0.4, 0.5) is 0 Å². The van der Waals surface area contributed by atoms with Crippen LogP contribution in [-0.2, 0) is 10.0 Å². The van der Waals surface area contributed by atoms with Crippen molar-refractivity contribution in [3.8, 4) is 0 Å². The van der Waals surface area contributed by atoms with Gasteiger partial charge in [-0.05, 0) is 40.9 Å². The van der Waals surface area contributed by atoms with Gasteiger partial charge in [-0.25, -0.2) is 8.42 Å². The first-order valence-corrected chi connectivity index (χ1v) is 9.93. The maximum Gasteiger partial charge on any atom is 0.244 e. The van der Waals surface area contributed by atoms with Gasteiger partial charge in [0.05, 0.1) is 4.90 Å². The minimum Gasteiger partial charge on any atom is -0.314 e. The zero-order valence-corrected chi connectivity index (χ0v) is 15.2. The Bertz CT molecular complexity index is 644. The molecule has 0 aliphatic carbocycles. The molecule has 7 heteroatoms. The van der Waals surface area contributed by atoms with Gasteiger partial charge in [0, 0.05) is 49.8 Å². The van der Waals surface area contributed by atoms with Crippen molar-refractivity contribution in [1.29, 1.82) is 0 Å². The molecule has 122 valence electrons. The summed E-state index contributed by atoms with van der Waals surface area (Å²) in [5, 5.41) is 3.34. The molecule has 3 rings (SSSR count). The standard InChI is InChI=1S/C15H22BrN3O2S/c1-12-3-2-4-14(15(12)16)22(20,21)19-8-5-13(11-19)18-9-6-17-7-10-18/h2-4,13,17H,5-11H2,1H3. The number of rotatable bonds is 3. The summed E-state index contributed by atoms with van der Waals surface area (Å²) in [5.74, 6) is 0. The Morgan fingerprint density at radius 2 is 1.95 bits per heavy atom. The second-order valence-electron chi connectivity index (χ2n) is 5.98. The highest BCUT2D eigenvalue weighted by Gasteiger charge is 2.36. The number of piperazine rings is 1. The van der Waals surface area contributed by atoms with Crippen LogP contribution in [0.3, 0.4) is 0 Å². The fourth-order valence-electron chi connectivity index (χ4n) is 3.23.